The van der Waals surface area contributed by atoms with Gasteiger partial charge in [0, 0.05) is 32.6 Å². The molecule has 3 aromatic heterocycles. The monoisotopic (exact) mass is 370 g/mol. The zero-order valence-electron chi connectivity index (χ0n) is 14.8. The number of nitrogens with zero attached hydrogens (tertiary/aromatic N) is 5. The number of fused-ring (bicyclic) bond motifs is 1. The van der Waals surface area contributed by atoms with Crippen LogP contribution in [0.5, 0.6) is 0 Å². The number of carbonyl (C=O) groups excluding carboxylic acids is 1. The Morgan fingerprint density at radius 1 is 1.31 bits per heavy atom. The molecule has 0 bridgehead atoms. The highest BCUT2D eigenvalue weighted by molar-refractivity contribution is 7.13. The van der Waals surface area contributed by atoms with Crippen LogP contribution in [0, 0.1) is 0 Å². The fraction of sp³-hybridized carbons (Fsp3) is 0.444. The molecule has 1 amide bonds. The summed E-state index contributed by atoms with van der Waals surface area (Å²) >= 11 is 1.62. The number of anilines is 1. The van der Waals surface area contributed by atoms with Crippen LogP contribution >= 0.6 is 11.3 Å². The number of imidazole rings is 1. The number of nitrogens with one attached hydrogen (secondary N) is 1. The molecule has 136 valence electrons. The van der Waals surface area contributed by atoms with Crippen LogP contribution in [-0.2, 0) is 11.3 Å². The molecule has 1 fully saturated rings. The second kappa shape index (κ2) is 7.41. The van der Waals surface area contributed by atoms with Gasteiger partial charge in [-0.2, -0.15) is 0 Å². The highest BCUT2D eigenvalue weighted by Crippen LogP contribution is 2.27. The summed E-state index contributed by atoms with van der Waals surface area (Å²) in [6.07, 6.45) is 4.44. The molecule has 0 unspecified atom stereocenters. The SMILES string of the molecule is CCCNc1nc(-c2cccs2)nc2c1ncn2CCN1CCCC1=O. The molecule has 0 aromatic carbocycles. The van der Waals surface area contributed by atoms with Gasteiger partial charge in [0.25, 0.3) is 0 Å². The van der Waals surface area contributed by atoms with Gasteiger partial charge in [0.1, 0.15) is 5.52 Å². The van der Waals surface area contributed by atoms with Crippen molar-refractivity contribution in [2.45, 2.75) is 32.7 Å². The number of amides is 1. The van der Waals surface area contributed by atoms with Crippen molar-refractivity contribution in [3.05, 3.63) is 23.8 Å². The molecule has 1 N–H and O–H groups in total. The maximum Gasteiger partial charge on any atom is 0.222 e. The lowest BCUT2D eigenvalue weighted by atomic mass is 10.4. The predicted molar refractivity (Wildman–Crippen MR) is 103 cm³/mol. The van der Waals surface area contributed by atoms with Crippen molar-refractivity contribution < 1.29 is 4.79 Å². The molecule has 0 aliphatic carbocycles. The minimum atomic E-state index is 0.244. The summed E-state index contributed by atoms with van der Waals surface area (Å²) in [5.74, 6) is 1.73. The Hall–Kier alpha value is -2.48. The van der Waals surface area contributed by atoms with Gasteiger partial charge in [-0.3, -0.25) is 4.79 Å². The zero-order valence-corrected chi connectivity index (χ0v) is 15.6. The first-order valence-electron chi connectivity index (χ1n) is 9.04. The standard InChI is InChI=1S/C18H22N6OS/c1-2-7-19-17-15-18(22-16(21-17)13-5-4-11-26-13)24(12-20-15)10-9-23-8-3-6-14(23)25/h4-5,11-12H,2-3,6-10H2,1H3,(H,19,21,22). The third-order valence-corrected chi connectivity index (χ3v) is 5.40. The van der Waals surface area contributed by atoms with E-state index in [0.717, 1.165) is 47.8 Å². The molecule has 3 aromatic rings. The van der Waals surface area contributed by atoms with Gasteiger partial charge in [-0.1, -0.05) is 13.0 Å². The Bertz CT molecular complexity index is 904. The van der Waals surface area contributed by atoms with E-state index in [2.05, 4.69) is 17.2 Å². The zero-order chi connectivity index (χ0) is 17.9. The number of thiophene rings is 1. The van der Waals surface area contributed by atoms with Crippen molar-refractivity contribution >= 4 is 34.2 Å². The maximum atomic E-state index is 11.8. The van der Waals surface area contributed by atoms with E-state index in [-0.39, 0.29) is 5.91 Å². The summed E-state index contributed by atoms with van der Waals surface area (Å²) in [5.41, 5.74) is 1.60. The minimum absolute atomic E-state index is 0.244. The summed E-state index contributed by atoms with van der Waals surface area (Å²) < 4.78 is 2.02. The minimum Gasteiger partial charge on any atom is -0.368 e. The first-order valence-corrected chi connectivity index (χ1v) is 9.92. The van der Waals surface area contributed by atoms with Gasteiger partial charge in [0.15, 0.2) is 17.3 Å². The molecule has 26 heavy (non-hydrogen) atoms. The Morgan fingerprint density at radius 3 is 2.96 bits per heavy atom. The fourth-order valence-electron chi connectivity index (χ4n) is 3.16. The molecule has 0 spiro atoms. The predicted octanol–water partition coefficient (Wildman–Crippen LogP) is 3.00. The molecule has 4 rings (SSSR count). The van der Waals surface area contributed by atoms with Crippen LogP contribution in [0.25, 0.3) is 21.9 Å². The summed E-state index contributed by atoms with van der Waals surface area (Å²) in [6, 6.07) is 4.03. The van der Waals surface area contributed by atoms with Crippen LogP contribution in [0.4, 0.5) is 5.82 Å². The van der Waals surface area contributed by atoms with Crippen LogP contribution < -0.4 is 5.32 Å². The van der Waals surface area contributed by atoms with Gasteiger partial charge in [0.2, 0.25) is 5.91 Å². The van der Waals surface area contributed by atoms with Crippen molar-refractivity contribution in [3.8, 4) is 10.7 Å². The van der Waals surface area contributed by atoms with E-state index in [1.165, 1.54) is 0 Å². The molecule has 0 atom stereocenters. The number of carbonyl (C=O) groups is 1. The summed E-state index contributed by atoms with van der Waals surface area (Å²) in [5, 5.41) is 5.40. The first-order chi connectivity index (χ1) is 12.8. The Morgan fingerprint density at radius 2 is 2.23 bits per heavy atom. The van der Waals surface area contributed by atoms with E-state index in [4.69, 9.17) is 9.97 Å². The van der Waals surface area contributed by atoms with Crippen LogP contribution in [-0.4, -0.2) is 50.0 Å². The van der Waals surface area contributed by atoms with Gasteiger partial charge in [-0.05, 0) is 24.3 Å². The fourth-order valence-corrected chi connectivity index (χ4v) is 3.82. The summed E-state index contributed by atoms with van der Waals surface area (Å²) in [7, 11) is 0. The second-order valence-corrected chi connectivity index (χ2v) is 7.34. The van der Waals surface area contributed by atoms with Crippen LogP contribution in [0.1, 0.15) is 26.2 Å². The van der Waals surface area contributed by atoms with E-state index in [9.17, 15) is 4.79 Å². The molecule has 7 nitrogen and oxygen atoms in total. The quantitative estimate of drug-likeness (QED) is 0.692. The van der Waals surface area contributed by atoms with Crippen molar-refractivity contribution in [1.82, 2.24) is 24.4 Å². The average molecular weight is 370 g/mol. The van der Waals surface area contributed by atoms with Crippen molar-refractivity contribution in [2.24, 2.45) is 0 Å². The van der Waals surface area contributed by atoms with E-state index in [1.54, 1.807) is 17.7 Å². The largest absolute Gasteiger partial charge is 0.368 e. The number of rotatable bonds is 7. The normalized spacial score (nSPS) is 14.5. The van der Waals surface area contributed by atoms with E-state index in [1.807, 2.05) is 27.0 Å². The van der Waals surface area contributed by atoms with Crippen molar-refractivity contribution in [2.75, 3.05) is 25.0 Å². The lowest BCUT2D eigenvalue weighted by Gasteiger charge is -2.15. The Labute approximate surface area is 156 Å². The van der Waals surface area contributed by atoms with E-state index >= 15 is 0 Å². The van der Waals surface area contributed by atoms with Crippen LogP contribution in [0.2, 0.25) is 0 Å². The molecule has 4 heterocycles. The molecule has 1 aliphatic heterocycles. The number of hydrogen-bond donors (Lipinski definition) is 1. The lowest BCUT2D eigenvalue weighted by Crippen LogP contribution is -2.28. The molecule has 0 saturated carbocycles. The maximum absolute atomic E-state index is 11.8. The van der Waals surface area contributed by atoms with E-state index in [0.29, 0.717) is 25.3 Å². The van der Waals surface area contributed by atoms with E-state index < -0.39 is 0 Å². The van der Waals surface area contributed by atoms with Gasteiger partial charge >= 0.3 is 0 Å². The second-order valence-electron chi connectivity index (χ2n) is 6.39. The van der Waals surface area contributed by atoms with Gasteiger partial charge < -0.3 is 14.8 Å². The van der Waals surface area contributed by atoms with Gasteiger partial charge in [-0.25, -0.2) is 15.0 Å². The molecule has 0 radical (unpaired) electrons. The number of hydrogen-bond acceptors (Lipinski definition) is 6. The number of aromatic nitrogens is 4. The average Bonchev–Trinajstić information content (AvgIpc) is 3.39. The number of likely N-dealkylation sites (tertiary alicyclic amines) is 1. The molecular formula is C18H22N6OS. The topological polar surface area (TPSA) is 75.9 Å². The Kier molecular flexibility index (Phi) is 4.83. The molecule has 1 saturated heterocycles. The third kappa shape index (κ3) is 3.29. The smallest absolute Gasteiger partial charge is 0.222 e. The first kappa shape index (κ1) is 17.0. The summed E-state index contributed by atoms with van der Waals surface area (Å²) in [6.45, 7) is 5.20. The molecule has 8 heteroatoms. The highest BCUT2D eigenvalue weighted by atomic mass is 32.1. The van der Waals surface area contributed by atoms with Crippen LogP contribution in [0.15, 0.2) is 23.8 Å². The van der Waals surface area contributed by atoms with Gasteiger partial charge in [0.05, 0.1) is 11.2 Å². The van der Waals surface area contributed by atoms with Crippen molar-refractivity contribution in [1.29, 1.82) is 0 Å². The Balaban J connectivity index is 1.67. The third-order valence-electron chi connectivity index (χ3n) is 4.53. The lowest BCUT2D eigenvalue weighted by molar-refractivity contribution is -0.127. The van der Waals surface area contributed by atoms with Crippen LogP contribution in [0.3, 0.4) is 0 Å². The van der Waals surface area contributed by atoms with Gasteiger partial charge in [-0.15, -0.1) is 11.3 Å². The highest BCUT2D eigenvalue weighted by Gasteiger charge is 2.20. The van der Waals surface area contributed by atoms with Crippen molar-refractivity contribution in [3.63, 3.8) is 0 Å². The molecule has 1 aliphatic rings. The summed E-state index contributed by atoms with van der Waals surface area (Å²) in [4.78, 5) is 28.8. The molecular weight excluding hydrogens is 348 g/mol.